The number of carbonyl (C=O) groups is 1. The topological polar surface area (TPSA) is 101 Å². The van der Waals surface area contributed by atoms with Crippen molar-refractivity contribution in [2.75, 3.05) is 18.1 Å². The molecule has 2 heterocycles. The summed E-state index contributed by atoms with van der Waals surface area (Å²) >= 11 is 0. The van der Waals surface area contributed by atoms with Crippen molar-refractivity contribution in [1.82, 2.24) is 10.2 Å². The largest absolute Gasteiger partial charge is 0.435 e. The van der Waals surface area contributed by atoms with Gasteiger partial charge in [-0.2, -0.15) is 26.3 Å². The number of benzene rings is 2. The average molecular weight is 661 g/mol. The first-order valence-corrected chi connectivity index (χ1v) is 16.3. The van der Waals surface area contributed by atoms with Crippen LogP contribution in [0.3, 0.4) is 0 Å². The van der Waals surface area contributed by atoms with E-state index >= 15 is 0 Å². The van der Waals surface area contributed by atoms with Gasteiger partial charge in [0, 0.05) is 18.2 Å². The van der Waals surface area contributed by atoms with Crippen molar-refractivity contribution in [2.45, 2.75) is 65.4 Å². The Bertz CT molecular complexity index is 1650. The number of nitrogens with one attached hydrogen (secondary N) is 1. The van der Waals surface area contributed by atoms with E-state index in [1.54, 1.807) is 0 Å². The molecule has 1 N–H and O–H groups in total. The molecule has 1 unspecified atom stereocenters. The maximum atomic E-state index is 14.9. The van der Waals surface area contributed by atoms with Crippen LogP contribution in [0.1, 0.15) is 36.0 Å². The van der Waals surface area contributed by atoms with Crippen LogP contribution in [0.25, 0.3) is 0 Å². The Hall–Kier alpha value is -2.95. The lowest BCUT2D eigenvalue weighted by molar-refractivity contribution is -0.348. The molecule has 1 aliphatic carbocycles. The maximum absolute atomic E-state index is 14.9. The summed E-state index contributed by atoms with van der Waals surface area (Å²) in [7, 11) is -8.02. The highest BCUT2D eigenvalue weighted by molar-refractivity contribution is 7.92. The Morgan fingerprint density at radius 1 is 0.953 bits per heavy atom. The van der Waals surface area contributed by atoms with Crippen molar-refractivity contribution in [3.63, 3.8) is 0 Å². The van der Waals surface area contributed by atoms with Gasteiger partial charge in [-0.25, -0.2) is 30.4 Å². The van der Waals surface area contributed by atoms with Crippen molar-refractivity contribution in [1.29, 1.82) is 0 Å². The molecule has 3 atom stereocenters. The second-order valence-electron chi connectivity index (χ2n) is 10.9. The Kier molecular flexibility index (Phi) is 7.35. The Balaban J connectivity index is 1.63. The normalized spacial score (nSPS) is 25.7. The average Bonchev–Trinajstić information content (AvgIpc) is 3.47. The summed E-state index contributed by atoms with van der Waals surface area (Å²) in [6, 6.07) is 2.20. The molecule has 2 aromatic rings. The van der Waals surface area contributed by atoms with Crippen molar-refractivity contribution in [2.24, 2.45) is 0 Å². The number of amides is 2. The number of alkyl halides is 7. The third-order valence-electron chi connectivity index (χ3n) is 8.49. The first-order valence-electron chi connectivity index (χ1n) is 13.0. The van der Waals surface area contributed by atoms with Crippen LogP contribution in [-0.4, -0.2) is 70.3 Å². The molecule has 0 bridgehead atoms. The second kappa shape index (κ2) is 10.0. The van der Waals surface area contributed by atoms with E-state index in [9.17, 15) is 56.8 Å². The van der Waals surface area contributed by atoms with Crippen LogP contribution in [-0.2, 0) is 36.5 Å². The van der Waals surface area contributed by atoms with E-state index < -0.39 is 76.8 Å². The van der Waals surface area contributed by atoms with E-state index in [4.69, 9.17) is 0 Å². The van der Waals surface area contributed by atoms with Crippen LogP contribution < -0.4 is 5.32 Å². The van der Waals surface area contributed by atoms with Crippen molar-refractivity contribution in [3.8, 4) is 0 Å². The number of carbonyl (C=O) groups excluding carboxylic acids is 1. The molecule has 2 amide bonds. The van der Waals surface area contributed by atoms with E-state index in [1.165, 1.54) is 0 Å². The van der Waals surface area contributed by atoms with Gasteiger partial charge in [0.1, 0.15) is 10.6 Å². The van der Waals surface area contributed by atoms with Crippen LogP contribution in [0.5, 0.6) is 0 Å². The van der Waals surface area contributed by atoms with Gasteiger partial charge >= 0.3 is 24.1 Å². The first kappa shape index (κ1) is 31.5. The van der Waals surface area contributed by atoms with Crippen LogP contribution in [0.2, 0.25) is 0 Å². The number of likely N-dealkylation sites (tertiary alicyclic amines) is 1. The van der Waals surface area contributed by atoms with Gasteiger partial charge in [0.2, 0.25) is 0 Å². The fourth-order valence-corrected chi connectivity index (χ4v) is 10.5. The molecule has 0 saturated carbocycles. The van der Waals surface area contributed by atoms with Crippen LogP contribution in [0.15, 0.2) is 47.4 Å². The molecular formula is C26H24F8N2O5S2. The molecule has 3 aliphatic rings. The minimum absolute atomic E-state index is 0.126. The predicted octanol–water partition coefficient (Wildman–Crippen LogP) is 4.70. The fourth-order valence-electron chi connectivity index (χ4n) is 6.46. The number of urea groups is 1. The molecule has 5 rings (SSSR count). The van der Waals surface area contributed by atoms with Gasteiger partial charge in [-0.05, 0) is 61.1 Å². The number of sulfone groups is 2. The molecule has 43 heavy (non-hydrogen) atoms. The lowest BCUT2D eigenvalue weighted by Gasteiger charge is -2.43. The molecule has 2 aliphatic heterocycles. The molecule has 236 valence electrons. The van der Waals surface area contributed by atoms with E-state index in [2.05, 4.69) is 5.32 Å². The summed E-state index contributed by atoms with van der Waals surface area (Å²) in [5, 5.41) is 2.58. The zero-order valence-electron chi connectivity index (χ0n) is 22.0. The van der Waals surface area contributed by atoms with Crippen LogP contribution >= 0.6 is 0 Å². The number of nitrogens with zero attached hydrogens (tertiary/aromatic N) is 1. The third-order valence-corrected chi connectivity index (χ3v) is 12.8. The van der Waals surface area contributed by atoms with E-state index in [1.807, 2.05) is 0 Å². The molecule has 7 nitrogen and oxygen atoms in total. The summed E-state index contributed by atoms with van der Waals surface area (Å²) in [5.41, 5.74) is -7.99. The number of hydrogen-bond donors (Lipinski definition) is 1. The quantitative estimate of drug-likeness (QED) is 0.379. The molecule has 2 fully saturated rings. The van der Waals surface area contributed by atoms with E-state index in [-0.39, 0.29) is 60.9 Å². The highest BCUT2D eigenvalue weighted by Crippen LogP contribution is 2.56. The summed E-state index contributed by atoms with van der Waals surface area (Å²) in [4.78, 5) is 14.1. The fraction of sp³-hybridized carbons (Fsp3) is 0.500. The highest BCUT2D eigenvalue weighted by atomic mass is 32.2. The standard InChI is InChI=1S/C26H24F8N2O5S2/c27-17-3-5-19(6-4-17)43(40,41)23-10-11-36(22(37)35-18-9-12-42(38,39)14-18)21(23)8-1-15-13-16(2-7-20(15)23)24(28,25(29,30)31)26(32,33)34/h2-7,13,18,21H,1,8-12,14H2,(H,35,37)/t18?,21-,23-/m0/s1. The molecule has 0 spiro atoms. The zero-order chi connectivity index (χ0) is 31.8. The van der Waals surface area contributed by atoms with Gasteiger partial charge in [0.25, 0.3) is 0 Å². The van der Waals surface area contributed by atoms with Gasteiger partial charge in [0.05, 0.1) is 22.4 Å². The maximum Gasteiger partial charge on any atom is 0.435 e. The van der Waals surface area contributed by atoms with Gasteiger partial charge in [0.15, 0.2) is 19.7 Å². The summed E-state index contributed by atoms with van der Waals surface area (Å²) in [6.07, 6.45) is -13.5. The Morgan fingerprint density at radius 3 is 2.14 bits per heavy atom. The molecule has 0 radical (unpaired) electrons. The van der Waals surface area contributed by atoms with Gasteiger partial charge < -0.3 is 10.2 Å². The predicted molar refractivity (Wildman–Crippen MR) is 136 cm³/mol. The number of halogens is 8. The SMILES string of the molecule is O=C(NC1CCS(=O)(=O)C1)N1CC[C@]2(S(=O)(=O)c3ccc(F)cc3)c3ccc(C(F)(C(F)(F)F)C(F)(F)F)cc3CC[C@H]12. The molecular weight excluding hydrogens is 636 g/mol. The molecule has 2 saturated heterocycles. The van der Waals surface area contributed by atoms with E-state index in [0.29, 0.717) is 12.1 Å². The van der Waals surface area contributed by atoms with Gasteiger partial charge in [-0.3, -0.25) is 0 Å². The number of hydrogen-bond acceptors (Lipinski definition) is 5. The minimum atomic E-state index is -6.38. The van der Waals surface area contributed by atoms with Gasteiger partial charge in [-0.15, -0.1) is 0 Å². The minimum Gasteiger partial charge on any atom is -0.334 e. The smallest absolute Gasteiger partial charge is 0.334 e. The Labute approximate surface area is 241 Å². The number of aryl methyl sites for hydroxylation is 1. The molecule has 0 aromatic heterocycles. The monoisotopic (exact) mass is 660 g/mol. The van der Waals surface area contributed by atoms with Crippen molar-refractivity contribution in [3.05, 3.63) is 65.0 Å². The van der Waals surface area contributed by atoms with Crippen LogP contribution in [0, 0.1) is 5.82 Å². The van der Waals surface area contributed by atoms with Crippen molar-refractivity contribution >= 4 is 25.7 Å². The summed E-state index contributed by atoms with van der Waals surface area (Å²) in [5.74, 6) is -1.27. The molecule has 2 aromatic carbocycles. The third kappa shape index (κ3) is 4.86. The van der Waals surface area contributed by atoms with Crippen molar-refractivity contribution < 1.29 is 56.8 Å². The summed E-state index contributed by atoms with van der Waals surface area (Å²) < 4.78 is 160. The second-order valence-corrected chi connectivity index (χ2v) is 15.4. The lowest BCUT2D eigenvalue weighted by Crippen LogP contribution is -2.55. The lowest BCUT2D eigenvalue weighted by atomic mass is 9.77. The van der Waals surface area contributed by atoms with E-state index in [0.717, 1.165) is 29.2 Å². The van der Waals surface area contributed by atoms with Gasteiger partial charge in [-0.1, -0.05) is 18.2 Å². The number of rotatable bonds is 4. The Morgan fingerprint density at radius 2 is 1.58 bits per heavy atom. The first-order chi connectivity index (χ1) is 19.7. The summed E-state index contributed by atoms with van der Waals surface area (Å²) in [6.45, 7) is -0.226. The zero-order valence-corrected chi connectivity index (χ0v) is 23.6. The van der Waals surface area contributed by atoms with Crippen LogP contribution in [0.4, 0.5) is 39.9 Å². The molecule has 17 heteroatoms. The highest BCUT2D eigenvalue weighted by Gasteiger charge is 2.74. The number of fused-ring (bicyclic) bond motifs is 3.